The molecule has 14 heavy (non-hydrogen) atoms. The van der Waals surface area contributed by atoms with Gasteiger partial charge in [-0.05, 0) is 6.42 Å². The van der Waals surface area contributed by atoms with Crippen LogP contribution in [-0.4, -0.2) is 16.4 Å². The number of hydrogen-bond acceptors (Lipinski definition) is 4. The van der Waals surface area contributed by atoms with Crippen LogP contribution in [0, 0.1) is 0 Å². The number of rotatable bonds is 3. The van der Waals surface area contributed by atoms with Gasteiger partial charge in [0, 0.05) is 0 Å². The summed E-state index contributed by atoms with van der Waals surface area (Å²) in [5.74, 6) is -0.400. The van der Waals surface area contributed by atoms with Gasteiger partial charge in [-0.15, -0.1) is 10.2 Å². The first-order valence-electron chi connectivity index (χ1n) is 4.07. The highest BCUT2D eigenvalue weighted by Gasteiger charge is 2.31. The standard InChI is InChI=1S/C7H10F3N3O/c1-2-4(11)6-13-12-5(14-6)3-7(8,9)10/h4H,2-3,11H2,1H3. The van der Waals surface area contributed by atoms with Crippen LogP contribution >= 0.6 is 0 Å². The third-order valence-corrected chi connectivity index (χ3v) is 1.59. The number of halogens is 3. The Bertz CT molecular complexity index is 297. The van der Waals surface area contributed by atoms with Crippen molar-refractivity contribution in [2.24, 2.45) is 5.73 Å². The van der Waals surface area contributed by atoms with E-state index in [9.17, 15) is 13.2 Å². The van der Waals surface area contributed by atoms with E-state index < -0.39 is 24.5 Å². The molecular formula is C7H10F3N3O. The van der Waals surface area contributed by atoms with Gasteiger partial charge in [-0.2, -0.15) is 13.2 Å². The van der Waals surface area contributed by atoms with E-state index in [1.807, 2.05) is 0 Å². The van der Waals surface area contributed by atoms with Crippen molar-refractivity contribution in [1.29, 1.82) is 0 Å². The Morgan fingerprint density at radius 2 is 2.07 bits per heavy atom. The zero-order chi connectivity index (χ0) is 10.8. The maximum absolute atomic E-state index is 11.9. The van der Waals surface area contributed by atoms with Crippen LogP contribution in [0.15, 0.2) is 4.42 Å². The molecule has 0 aliphatic heterocycles. The van der Waals surface area contributed by atoms with E-state index in [4.69, 9.17) is 10.2 Å². The van der Waals surface area contributed by atoms with E-state index in [1.54, 1.807) is 6.92 Å². The summed E-state index contributed by atoms with van der Waals surface area (Å²) in [6, 6.07) is -0.496. The largest absolute Gasteiger partial charge is 0.423 e. The molecule has 1 aromatic heterocycles. The highest BCUT2D eigenvalue weighted by Crippen LogP contribution is 2.21. The van der Waals surface area contributed by atoms with Crippen molar-refractivity contribution in [2.45, 2.75) is 32.0 Å². The molecule has 0 saturated heterocycles. The van der Waals surface area contributed by atoms with Crippen LogP contribution in [0.3, 0.4) is 0 Å². The van der Waals surface area contributed by atoms with Crippen molar-refractivity contribution in [3.63, 3.8) is 0 Å². The molecule has 4 nitrogen and oxygen atoms in total. The first-order chi connectivity index (χ1) is 6.42. The van der Waals surface area contributed by atoms with Gasteiger partial charge in [0.25, 0.3) is 0 Å². The predicted octanol–water partition coefficient (Wildman–Crippen LogP) is 1.58. The molecule has 1 aromatic rings. The molecule has 0 radical (unpaired) electrons. The van der Waals surface area contributed by atoms with Gasteiger partial charge in [-0.1, -0.05) is 6.92 Å². The zero-order valence-corrected chi connectivity index (χ0v) is 7.51. The Hall–Kier alpha value is -1.11. The number of alkyl halides is 3. The Labute approximate surface area is 78.3 Å². The summed E-state index contributed by atoms with van der Waals surface area (Å²) in [5, 5.41) is 6.68. The number of nitrogens with zero attached hydrogens (tertiary/aromatic N) is 2. The van der Waals surface area contributed by atoms with E-state index in [2.05, 4.69) is 10.2 Å². The van der Waals surface area contributed by atoms with Gasteiger partial charge in [0.05, 0.1) is 6.04 Å². The van der Waals surface area contributed by atoms with Crippen LogP contribution in [0.4, 0.5) is 13.2 Å². The second-order valence-electron chi connectivity index (χ2n) is 2.84. The normalized spacial score (nSPS) is 14.4. The van der Waals surface area contributed by atoms with Crippen molar-refractivity contribution < 1.29 is 17.6 Å². The molecule has 1 atom stereocenters. The van der Waals surface area contributed by atoms with Gasteiger partial charge in [-0.25, -0.2) is 0 Å². The Morgan fingerprint density at radius 3 is 2.57 bits per heavy atom. The summed E-state index contributed by atoms with van der Waals surface area (Å²) in [5.41, 5.74) is 5.49. The van der Waals surface area contributed by atoms with Crippen LogP contribution < -0.4 is 5.73 Å². The topological polar surface area (TPSA) is 64.9 Å². The monoisotopic (exact) mass is 209 g/mol. The predicted molar refractivity (Wildman–Crippen MR) is 41.3 cm³/mol. The second kappa shape index (κ2) is 3.95. The van der Waals surface area contributed by atoms with Gasteiger partial charge in [-0.3, -0.25) is 0 Å². The van der Waals surface area contributed by atoms with E-state index in [0.717, 1.165) is 0 Å². The first-order valence-corrected chi connectivity index (χ1v) is 4.07. The summed E-state index contributed by atoms with van der Waals surface area (Å²) in [4.78, 5) is 0. The Morgan fingerprint density at radius 1 is 1.43 bits per heavy atom. The zero-order valence-electron chi connectivity index (χ0n) is 7.51. The minimum absolute atomic E-state index is 0.0479. The lowest BCUT2D eigenvalue weighted by Gasteiger charge is -2.02. The summed E-state index contributed by atoms with van der Waals surface area (Å²) in [7, 11) is 0. The van der Waals surface area contributed by atoms with Crippen LogP contribution in [0.1, 0.15) is 31.2 Å². The summed E-state index contributed by atoms with van der Waals surface area (Å²) in [6.07, 6.45) is -5.01. The summed E-state index contributed by atoms with van der Waals surface area (Å²) < 4.78 is 40.4. The van der Waals surface area contributed by atoms with Crippen LogP contribution in [0.2, 0.25) is 0 Å². The average Bonchev–Trinajstić information content (AvgIpc) is 2.48. The molecule has 0 aliphatic carbocycles. The molecular weight excluding hydrogens is 199 g/mol. The molecule has 1 heterocycles. The number of nitrogens with two attached hydrogens (primary N) is 1. The van der Waals surface area contributed by atoms with E-state index in [1.165, 1.54) is 0 Å². The molecule has 0 aromatic carbocycles. The van der Waals surface area contributed by atoms with Gasteiger partial charge in [0.2, 0.25) is 11.8 Å². The van der Waals surface area contributed by atoms with E-state index in [-0.39, 0.29) is 5.89 Å². The third kappa shape index (κ3) is 2.99. The van der Waals surface area contributed by atoms with Crippen molar-refractivity contribution in [3.05, 3.63) is 11.8 Å². The summed E-state index contributed by atoms with van der Waals surface area (Å²) in [6.45, 7) is 1.78. The molecule has 80 valence electrons. The molecule has 7 heteroatoms. The lowest BCUT2D eigenvalue weighted by atomic mass is 10.2. The highest BCUT2D eigenvalue weighted by molar-refractivity contribution is 4.89. The molecule has 1 unspecified atom stereocenters. The third-order valence-electron chi connectivity index (χ3n) is 1.59. The Balaban J connectivity index is 2.69. The number of aromatic nitrogens is 2. The van der Waals surface area contributed by atoms with Crippen molar-refractivity contribution in [3.8, 4) is 0 Å². The lowest BCUT2D eigenvalue weighted by Crippen LogP contribution is -2.11. The summed E-state index contributed by atoms with van der Waals surface area (Å²) >= 11 is 0. The molecule has 2 N–H and O–H groups in total. The Kier molecular flexibility index (Phi) is 3.10. The second-order valence-corrected chi connectivity index (χ2v) is 2.84. The fourth-order valence-electron chi connectivity index (χ4n) is 0.834. The van der Waals surface area contributed by atoms with Gasteiger partial charge >= 0.3 is 6.18 Å². The molecule has 0 fully saturated rings. The molecule has 0 saturated carbocycles. The average molecular weight is 209 g/mol. The molecule has 0 spiro atoms. The SMILES string of the molecule is CCC(N)c1nnc(CC(F)(F)F)o1. The van der Waals surface area contributed by atoms with Crippen molar-refractivity contribution in [2.75, 3.05) is 0 Å². The van der Waals surface area contributed by atoms with Gasteiger partial charge in [0.1, 0.15) is 6.42 Å². The number of hydrogen-bond donors (Lipinski definition) is 1. The highest BCUT2D eigenvalue weighted by atomic mass is 19.4. The maximum Gasteiger partial charge on any atom is 0.397 e. The van der Waals surface area contributed by atoms with Crippen LogP contribution in [0.5, 0.6) is 0 Å². The van der Waals surface area contributed by atoms with Crippen molar-refractivity contribution >= 4 is 0 Å². The van der Waals surface area contributed by atoms with Crippen LogP contribution in [-0.2, 0) is 6.42 Å². The van der Waals surface area contributed by atoms with Gasteiger partial charge in [0.15, 0.2) is 0 Å². The fraction of sp³-hybridized carbons (Fsp3) is 0.714. The lowest BCUT2D eigenvalue weighted by molar-refractivity contribution is -0.131. The molecule has 0 bridgehead atoms. The van der Waals surface area contributed by atoms with Gasteiger partial charge < -0.3 is 10.2 Å². The molecule has 0 aliphatic rings. The van der Waals surface area contributed by atoms with Crippen LogP contribution in [0.25, 0.3) is 0 Å². The smallest absolute Gasteiger partial charge is 0.397 e. The minimum Gasteiger partial charge on any atom is -0.423 e. The van der Waals surface area contributed by atoms with E-state index in [0.29, 0.717) is 6.42 Å². The molecule has 1 rings (SSSR count). The van der Waals surface area contributed by atoms with E-state index >= 15 is 0 Å². The maximum atomic E-state index is 11.9. The fourth-order valence-corrected chi connectivity index (χ4v) is 0.834. The minimum atomic E-state index is -4.33. The van der Waals surface area contributed by atoms with Crippen molar-refractivity contribution in [1.82, 2.24) is 10.2 Å². The first kappa shape index (κ1) is 11.0. The quantitative estimate of drug-likeness (QED) is 0.820. The molecule has 0 amide bonds.